The van der Waals surface area contributed by atoms with Crippen LogP contribution in [0, 0.1) is 11.8 Å². The van der Waals surface area contributed by atoms with Crippen LogP contribution in [0.2, 0.25) is 0 Å². The third-order valence-corrected chi connectivity index (χ3v) is 3.41. The van der Waals surface area contributed by atoms with E-state index in [4.69, 9.17) is 0 Å². The highest BCUT2D eigenvalue weighted by molar-refractivity contribution is 9.10. The number of halogens is 1. The van der Waals surface area contributed by atoms with Crippen molar-refractivity contribution in [1.82, 2.24) is 0 Å². The second-order valence-electron chi connectivity index (χ2n) is 4.31. The lowest BCUT2D eigenvalue weighted by Gasteiger charge is -2.09. The SMILES string of the molecule is O=C(O)C(CC#Cc1ccccc1)c1ccc(Br)cc1. The van der Waals surface area contributed by atoms with E-state index >= 15 is 0 Å². The van der Waals surface area contributed by atoms with E-state index in [2.05, 4.69) is 27.8 Å². The van der Waals surface area contributed by atoms with Gasteiger partial charge < -0.3 is 5.11 Å². The zero-order valence-electron chi connectivity index (χ0n) is 10.7. The van der Waals surface area contributed by atoms with Crippen LogP contribution in [-0.2, 0) is 4.79 Å². The van der Waals surface area contributed by atoms with Crippen molar-refractivity contribution in [3.63, 3.8) is 0 Å². The van der Waals surface area contributed by atoms with Gasteiger partial charge in [-0.3, -0.25) is 4.79 Å². The Bertz CT molecular complexity index is 636. The van der Waals surface area contributed by atoms with E-state index in [0.717, 1.165) is 15.6 Å². The van der Waals surface area contributed by atoms with Crippen LogP contribution >= 0.6 is 15.9 Å². The topological polar surface area (TPSA) is 37.3 Å². The Balaban J connectivity index is 2.13. The average molecular weight is 329 g/mol. The van der Waals surface area contributed by atoms with Crippen LogP contribution in [0.3, 0.4) is 0 Å². The molecule has 0 heterocycles. The molecule has 0 fully saturated rings. The minimum atomic E-state index is -0.852. The van der Waals surface area contributed by atoms with Crippen molar-refractivity contribution in [2.24, 2.45) is 0 Å². The Kier molecular flexibility index (Phi) is 4.97. The van der Waals surface area contributed by atoms with E-state index in [1.165, 1.54) is 0 Å². The molecule has 20 heavy (non-hydrogen) atoms. The summed E-state index contributed by atoms with van der Waals surface area (Å²) in [5.74, 6) is 4.49. The van der Waals surface area contributed by atoms with Gasteiger partial charge in [-0.05, 0) is 29.8 Å². The van der Waals surface area contributed by atoms with Crippen molar-refractivity contribution in [3.05, 3.63) is 70.2 Å². The van der Waals surface area contributed by atoms with E-state index in [-0.39, 0.29) is 0 Å². The van der Waals surface area contributed by atoms with Gasteiger partial charge in [0.15, 0.2) is 0 Å². The van der Waals surface area contributed by atoms with Crippen LogP contribution in [-0.4, -0.2) is 11.1 Å². The van der Waals surface area contributed by atoms with E-state index in [9.17, 15) is 9.90 Å². The van der Waals surface area contributed by atoms with E-state index in [0.29, 0.717) is 6.42 Å². The molecule has 0 bridgehead atoms. The average Bonchev–Trinajstić information content (AvgIpc) is 2.46. The normalized spacial score (nSPS) is 11.2. The lowest BCUT2D eigenvalue weighted by Crippen LogP contribution is -2.10. The summed E-state index contributed by atoms with van der Waals surface area (Å²) in [6.07, 6.45) is 0.297. The Morgan fingerprint density at radius 1 is 1.10 bits per heavy atom. The Hall–Kier alpha value is -2.05. The number of carboxylic acids is 1. The molecule has 0 saturated heterocycles. The summed E-state index contributed by atoms with van der Waals surface area (Å²) in [5.41, 5.74) is 1.66. The highest BCUT2D eigenvalue weighted by Crippen LogP contribution is 2.21. The highest BCUT2D eigenvalue weighted by atomic mass is 79.9. The first-order valence-electron chi connectivity index (χ1n) is 6.19. The standard InChI is InChI=1S/C17H13BrO2/c18-15-11-9-14(10-12-15)16(17(19)20)8-4-7-13-5-2-1-3-6-13/h1-3,5-6,9-12,16H,8H2,(H,19,20). The molecule has 1 unspecified atom stereocenters. The van der Waals surface area contributed by atoms with Crippen molar-refractivity contribution in [1.29, 1.82) is 0 Å². The third kappa shape index (κ3) is 3.97. The van der Waals surface area contributed by atoms with Crippen molar-refractivity contribution < 1.29 is 9.90 Å². The first kappa shape index (κ1) is 14.4. The van der Waals surface area contributed by atoms with Crippen molar-refractivity contribution in [2.75, 3.05) is 0 Å². The van der Waals surface area contributed by atoms with Gasteiger partial charge in [-0.15, -0.1) is 0 Å². The second kappa shape index (κ2) is 6.93. The molecule has 2 aromatic rings. The summed E-state index contributed by atoms with van der Waals surface area (Å²) in [6, 6.07) is 16.9. The molecule has 1 N–H and O–H groups in total. The largest absolute Gasteiger partial charge is 0.481 e. The van der Waals surface area contributed by atoms with Gasteiger partial charge in [-0.2, -0.15) is 0 Å². The van der Waals surface area contributed by atoms with Gasteiger partial charge in [0.1, 0.15) is 0 Å². The maximum atomic E-state index is 11.3. The zero-order valence-corrected chi connectivity index (χ0v) is 12.3. The predicted octanol–water partition coefficient (Wildman–Crippen LogP) is 4.06. The van der Waals surface area contributed by atoms with Gasteiger partial charge in [-0.25, -0.2) is 0 Å². The summed E-state index contributed by atoms with van der Waals surface area (Å²) in [7, 11) is 0. The maximum Gasteiger partial charge on any atom is 0.311 e. The number of hydrogen-bond donors (Lipinski definition) is 1. The second-order valence-corrected chi connectivity index (χ2v) is 5.23. The fraction of sp³-hybridized carbons (Fsp3) is 0.118. The molecule has 0 aliphatic heterocycles. The van der Waals surface area contributed by atoms with Crippen LogP contribution < -0.4 is 0 Å². The van der Waals surface area contributed by atoms with Crippen LogP contribution in [0.1, 0.15) is 23.5 Å². The van der Waals surface area contributed by atoms with Crippen LogP contribution in [0.4, 0.5) is 0 Å². The first-order valence-corrected chi connectivity index (χ1v) is 6.98. The van der Waals surface area contributed by atoms with E-state index in [1.807, 2.05) is 54.6 Å². The van der Waals surface area contributed by atoms with E-state index < -0.39 is 11.9 Å². The molecular formula is C17H13BrO2. The molecule has 2 nitrogen and oxygen atoms in total. The lowest BCUT2D eigenvalue weighted by atomic mass is 9.96. The monoisotopic (exact) mass is 328 g/mol. The van der Waals surface area contributed by atoms with Crippen molar-refractivity contribution in [3.8, 4) is 11.8 Å². The molecular weight excluding hydrogens is 316 g/mol. The Labute approximate surface area is 126 Å². The molecule has 0 aromatic heterocycles. The van der Waals surface area contributed by atoms with Gasteiger partial charge in [-0.1, -0.05) is 58.1 Å². The molecule has 0 saturated carbocycles. The molecule has 0 spiro atoms. The van der Waals surface area contributed by atoms with Gasteiger partial charge in [0, 0.05) is 16.5 Å². The maximum absolute atomic E-state index is 11.3. The fourth-order valence-corrected chi connectivity index (χ4v) is 2.08. The summed E-state index contributed by atoms with van der Waals surface area (Å²) < 4.78 is 0.931. The third-order valence-electron chi connectivity index (χ3n) is 2.88. The number of benzene rings is 2. The molecule has 0 aliphatic carbocycles. The van der Waals surface area contributed by atoms with Gasteiger partial charge in [0.2, 0.25) is 0 Å². The predicted molar refractivity (Wildman–Crippen MR) is 82.5 cm³/mol. The molecule has 0 aliphatic rings. The fourth-order valence-electron chi connectivity index (χ4n) is 1.82. The number of hydrogen-bond acceptors (Lipinski definition) is 1. The molecule has 2 rings (SSSR count). The highest BCUT2D eigenvalue weighted by Gasteiger charge is 2.18. The molecule has 0 amide bonds. The minimum absolute atomic E-state index is 0.297. The molecule has 0 radical (unpaired) electrons. The van der Waals surface area contributed by atoms with Crippen LogP contribution in [0.25, 0.3) is 0 Å². The Morgan fingerprint density at radius 3 is 2.35 bits per heavy atom. The number of carbonyl (C=O) groups is 1. The number of carboxylic acid groups (broad SMARTS) is 1. The van der Waals surface area contributed by atoms with Gasteiger partial charge >= 0.3 is 5.97 Å². The van der Waals surface area contributed by atoms with Crippen LogP contribution in [0.15, 0.2) is 59.1 Å². The van der Waals surface area contributed by atoms with E-state index in [1.54, 1.807) is 0 Å². The number of rotatable bonds is 3. The lowest BCUT2D eigenvalue weighted by molar-refractivity contribution is -0.138. The smallest absolute Gasteiger partial charge is 0.311 e. The van der Waals surface area contributed by atoms with Gasteiger partial charge in [0.25, 0.3) is 0 Å². The van der Waals surface area contributed by atoms with Crippen molar-refractivity contribution >= 4 is 21.9 Å². The summed E-state index contributed by atoms with van der Waals surface area (Å²) >= 11 is 3.34. The van der Waals surface area contributed by atoms with Crippen molar-refractivity contribution in [2.45, 2.75) is 12.3 Å². The molecule has 3 heteroatoms. The summed E-state index contributed by atoms with van der Waals surface area (Å²) in [4.78, 5) is 11.3. The first-order chi connectivity index (χ1) is 9.66. The molecule has 100 valence electrons. The quantitative estimate of drug-likeness (QED) is 0.863. The van der Waals surface area contributed by atoms with Crippen LogP contribution in [0.5, 0.6) is 0 Å². The summed E-state index contributed by atoms with van der Waals surface area (Å²) in [5, 5.41) is 9.31. The van der Waals surface area contributed by atoms with Gasteiger partial charge in [0.05, 0.1) is 5.92 Å². The number of aliphatic carboxylic acids is 1. The minimum Gasteiger partial charge on any atom is -0.481 e. The summed E-state index contributed by atoms with van der Waals surface area (Å²) in [6.45, 7) is 0. The molecule has 2 aromatic carbocycles. The molecule has 1 atom stereocenters. The Morgan fingerprint density at radius 2 is 1.75 bits per heavy atom. The zero-order chi connectivity index (χ0) is 14.4.